The highest BCUT2D eigenvalue weighted by atomic mass is 35.5. The van der Waals surface area contributed by atoms with Crippen molar-refractivity contribution in [2.24, 2.45) is 4.99 Å². The SMILES string of the molecule is C=CCc1cc(/C=c2/sc3n(c2=O)[C@H](c2ccc(Cl)cc2)C(C(=O)OCC)=C(c2ccccc2)N=3)cc(OCC)c1OCc1ccccc1Cl. The summed E-state index contributed by atoms with van der Waals surface area (Å²) in [5.74, 6) is 0.569. The maximum absolute atomic E-state index is 14.4. The van der Waals surface area contributed by atoms with Gasteiger partial charge in [0.25, 0.3) is 5.56 Å². The number of nitrogens with zero attached hydrogens (tertiary/aromatic N) is 2. The number of halogens is 2. The maximum atomic E-state index is 14.4. The average molecular weight is 726 g/mol. The molecule has 0 spiro atoms. The van der Waals surface area contributed by atoms with Crippen LogP contribution >= 0.6 is 34.5 Å². The van der Waals surface area contributed by atoms with Gasteiger partial charge in [-0.15, -0.1) is 6.58 Å². The van der Waals surface area contributed by atoms with Gasteiger partial charge in [0, 0.05) is 26.7 Å². The van der Waals surface area contributed by atoms with Gasteiger partial charge in [-0.3, -0.25) is 9.36 Å². The lowest BCUT2D eigenvalue weighted by atomic mass is 9.93. The van der Waals surface area contributed by atoms with Crippen molar-refractivity contribution in [1.29, 1.82) is 0 Å². The predicted octanol–water partition coefficient (Wildman–Crippen LogP) is 7.95. The molecule has 0 aliphatic carbocycles. The molecule has 0 radical (unpaired) electrons. The van der Waals surface area contributed by atoms with Crippen LogP contribution < -0.4 is 24.4 Å². The third kappa shape index (κ3) is 7.33. The molecule has 0 saturated carbocycles. The number of allylic oxidation sites excluding steroid dienone is 1. The Hall–Kier alpha value is -4.89. The lowest BCUT2D eigenvalue weighted by Crippen LogP contribution is -2.40. The zero-order valence-corrected chi connectivity index (χ0v) is 29.9. The second-order valence-electron chi connectivity index (χ2n) is 11.3. The zero-order chi connectivity index (χ0) is 35.2. The Morgan fingerprint density at radius 3 is 2.38 bits per heavy atom. The molecule has 1 aliphatic rings. The average Bonchev–Trinajstić information content (AvgIpc) is 3.42. The molecule has 0 amide bonds. The van der Waals surface area contributed by atoms with Gasteiger partial charge in [0.05, 0.1) is 35.1 Å². The van der Waals surface area contributed by atoms with Crippen molar-refractivity contribution in [2.75, 3.05) is 13.2 Å². The van der Waals surface area contributed by atoms with Gasteiger partial charge in [-0.2, -0.15) is 0 Å². The van der Waals surface area contributed by atoms with E-state index >= 15 is 0 Å². The van der Waals surface area contributed by atoms with Crippen molar-refractivity contribution in [2.45, 2.75) is 32.9 Å². The normalized spacial score (nSPS) is 14.2. The van der Waals surface area contributed by atoms with Crippen LogP contribution in [0.2, 0.25) is 10.0 Å². The standard InChI is InChI=1S/C40H34Cl2N2O5S/c1-4-12-28-21-25(22-32(47-5-2)37(28)49-24-29-15-10-11-16-31(29)42)23-33-38(45)44-36(27-17-19-30(41)20-18-27)34(39(46)48-6-3)35(43-40(44)50-33)26-13-8-7-9-14-26/h4,7-11,13-23,36H,1,5-6,12,24H2,2-3H3/b33-23+/t36-/m1/s1. The number of hydrogen-bond acceptors (Lipinski definition) is 7. The minimum atomic E-state index is -0.809. The number of carbonyl (C=O) groups is 1. The first-order chi connectivity index (χ1) is 24.3. The molecule has 1 aliphatic heterocycles. The van der Waals surface area contributed by atoms with Gasteiger partial charge in [0.2, 0.25) is 0 Å². The monoisotopic (exact) mass is 724 g/mol. The fourth-order valence-corrected chi connectivity index (χ4v) is 7.14. The van der Waals surface area contributed by atoms with Crippen molar-refractivity contribution < 1.29 is 19.0 Å². The molecule has 2 heterocycles. The van der Waals surface area contributed by atoms with Crippen molar-refractivity contribution in [1.82, 2.24) is 4.57 Å². The largest absolute Gasteiger partial charge is 0.490 e. The lowest BCUT2D eigenvalue weighted by Gasteiger charge is -2.26. The molecular weight excluding hydrogens is 691 g/mol. The number of hydrogen-bond donors (Lipinski definition) is 0. The lowest BCUT2D eigenvalue weighted by molar-refractivity contribution is -0.138. The number of ether oxygens (including phenoxy) is 3. The number of thiazole rings is 1. The van der Waals surface area contributed by atoms with E-state index < -0.39 is 12.0 Å². The Morgan fingerprint density at radius 2 is 1.68 bits per heavy atom. The maximum Gasteiger partial charge on any atom is 0.338 e. The Kier molecular flexibility index (Phi) is 11.0. The molecule has 50 heavy (non-hydrogen) atoms. The van der Waals surface area contributed by atoms with Crippen LogP contribution in [0.3, 0.4) is 0 Å². The summed E-state index contributed by atoms with van der Waals surface area (Å²) < 4.78 is 19.9. The summed E-state index contributed by atoms with van der Waals surface area (Å²) in [6.45, 7) is 8.41. The van der Waals surface area contributed by atoms with Gasteiger partial charge in [0.15, 0.2) is 16.3 Å². The van der Waals surface area contributed by atoms with Gasteiger partial charge in [-0.25, -0.2) is 9.79 Å². The van der Waals surface area contributed by atoms with Crippen LogP contribution in [0, 0.1) is 0 Å². The number of benzene rings is 4. The fraction of sp³-hybridized carbons (Fsp3) is 0.175. The summed E-state index contributed by atoms with van der Waals surface area (Å²) in [6.07, 6.45) is 4.10. The molecule has 6 rings (SSSR count). The van der Waals surface area contributed by atoms with Crippen LogP contribution in [0.1, 0.15) is 47.7 Å². The van der Waals surface area contributed by atoms with Gasteiger partial charge in [-0.05, 0) is 67.8 Å². The summed E-state index contributed by atoms with van der Waals surface area (Å²) in [7, 11) is 0. The van der Waals surface area contributed by atoms with Crippen LogP contribution in [-0.2, 0) is 22.6 Å². The Bertz CT molecular complexity index is 2260. The summed E-state index contributed by atoms with van der Waals surface area (Å²) >= 11 is 13.9. The van der Waals surface area contributed by atoms with Crippen LogP contribution in [0.15, 0.2) is 119 Å². The minimum Gasteiger partial charge on any atom is -0.490 e. The second kappa shape index (κ2) is 15.8. The first kappa shape index (κ1) is 35.0. The molecule has 0 N–H and O–H groups in total. The third-order valence-corrected chi connectivity index (χ3v) is 9.61. The first-order valence-electron chi connectivity index (χ1n) is 16.1. The Morgan fingerprint density at radius 1 is 0.940 bits per heavy atom. The number of carbonyl (C=O) groups excluding carboxylic acids is 1. The van der Waals surface area contributed by atoms with E-state index in [1.807, 2.05) is 91.9 Å². The minimum absolute atomic E-state index is 0.162. The Balaban J connectivity index is 1.53. The molecule has 0 bridgehead atoms. The van der Waals surface area contributed by atoms with Crippen molar-refractivity contribution >= 4 is 52.3 Å². The van der Waals surface area contributed by atoms with Crippen LogP contribution in [0.25, 0.3) is 11.8 Å². The van der Waals surface area contributed by atoms with E-state index in [9.17, 15) is 9.59 Å². The highest BCUT2D eigenvalue weighted by molar-refractivity contribution is 7.07. The quantitative estimate of drug-likeness (QED) is 0.0965. The molecule has 0 unspecified atom stereocenters. The van der Waals surface area contributed by atoms with Gasteiger partial charge in [0.1, 0.15) is 6.61 Å². The van der Waals surface area contributed by atoms with E-state index in [0.29, 0.717) is 55.2 Å². The van der Waals surface area contributed by atoms with E-state index in [2.05, 4.69) is 6.58 Å². The van der Waals surface area contributed by atoms with E-state index in [1.54, 1.807) is 29.7 Å². The Labute approximate surface area is 304 Å². The molecule has 7 nitrogen and oxygen atoms in total. The molecular formula is C40H34Cl2N2O5S. The predicted molar refractivity (Wildman–Crippen MR) is 200 cm³/mol. The smallest absolute Gasteiger partial charge is 0.338 e. The highest BCUT2D eigenvalue weighted by Gasteiger charge is 2.35. The first-order valence-corrected chi connectivity index (χ1v) is 17.7. The molecule has 1 atom stereocenters. The van der Waals surface area contributed by atoms with Crippen molar-refractivity contribution in [3.63, 3.8) is 0 Å². The summed E-state index contributed by atoms with van der Waals surface area (Å²) in [5, 5.41) is 1.15. The summed E-state index contributed by atoms with van der Waals surface area (Å²) in [6, 6.07) is 27.1. The topological polar surface area (TPSA) is 79.1 Å². The van der Waals surface area contributed by atoms with Gasteiger partial charge < -0.3 is 14.2 Å². The van der Waals surface area contributed by atoms with Gasteiger partial charge in [-0.1, -0.05) is 101 Å². The fourth-order valence-electron chi connectivity index (χ4n) is 5.82. The van der Waals surface area contributed by atoms with Crippen LogP contribution in [0.5, 0.6) is 11.5 Å². The molecule has 4 aromatic carbocycles. The van der Waals surface area contributed by atoms with E-state index in [0.717, 1.165) is 22.3 Å². The second-order valence-corrected chi connectivity index (χ2v) is 13.1. The van der Waals surface area contributed by atoms with Crippen LogP contribution in [-0.4, -0.2) is 23.8 Å². The molecule has 10 heteroatoms. The molecule has 5 aromatic rings. The third-order valence-electron chi connectivity index (χ3n) is 8.01. The number of aromatic nitrogens is 1. The molecule has 0 fully saturated rings. The molecule has 0 saturated heterocycles. The number of rotatable bonds is 12. The van der Waals surface area contributed by atoms with Crippen LogP contribution in [0.4, 0.5) is 0 Å². The molecule has 254 valence electrons. The van der Waals surface area contributed by atoms with Crippen molar-refractivity contribution in [3.05, 3.63) is 167 Å². The number of esters is 1. The van der Waals surface area contributed by atoms with E-state index in [4.69, 9.17) is 42.4 Å². The van der Waals surface area contributed by atoms with E-state index in [-0.39, 0.29) is 24.3 Å². The summed E-state index contributed by atoms with van der Waals surface area (Å²) in [5.41, 5.74) is 4.26. The van der Waals surface area contributed by atoms with E-state index in [1.165, 1.54) is 11.3 Å². The zero-order valence-electron chi connectivity index (χ0n) is 27.5. The highest BCUT2D eigenvalue weighted by Crippen LogP contribution is 2.37. The molecule has 1 aromatic heterocycles. The summed E-state index contributed by atoms with van der Waals surface area (Å²) in [4.78, 5) is 33.5. The van der Waals surface area contributed by atoms with Gasteiger partial charge >= 0.3 is 5.97 Å². The number of fused-ring (bicyclic) bond motifs is 1. The van der Waals surface area contributed by atoms with Crippen molar-refractivity contribution in [3.8, 4) is 11.5 Å².